The molecule has 0 aliphatic carbocycles. The van der Waals surface area contributed by atoms with E-state index in [9.17, 15) is 15.3 Å². The Morgan fingerprint density at radius 2 is 1.54 bits per heavy atom. The average Bonchev–Trinajstić information content (AvgIpc) is 2.59. The number of hydrogen-bond acceptors (Lipinski definition) is 5. The summed E-state index contributed by atoms with van der Waals surface area (Å²) in [4.78, 5) is 8.89. The van der Waals surface area contributed by atoms with Crippen molar-refractivity contribution in [1.29, 1.82) is 0 Å². The third kappa shape index (κ3) is 4.52. The summed E-state index contributed by atoms with van der Waals surface area (Å²) in [5.74, 6) is -1.24. The lowest BCUT2D eigenvalue weighted by atomic mass is 9.86. The molecule has 148 valence electrons. The summed E-state index contributed by atoms with van der Waals surface area (Å²) in [6.45, 7) is 7.39. The van der Waals surface area contributed by atoms with E-state index in [4.69, 9.17) is 9.90 Å². The topological polar surface area (TPSA) is 105 Å². The molecule has 0 saturated heterocycles. The first-order chi connectivity index (χ1) is 12.9. The molecule has 0 fully saturated rings. The fraction of sp³-hybridized carbons (Fsp3) is 0.273. The van der Waals surface area contributed by atoms with Crippen LogP contribution in [-0.4, -0.2) is 21.3 Å². The molecule has 0 amide bonds. The zero-order chi connectivity index (χ0) is 21.2. The lowest BCUT2D eigenvalue weighted by Gasteiger charge is -2.19. The Kier molecular flexibility index (Phi) is 5.83. The number of rotatable bonds is 1. The number of hydrogen-bond donors (Lipinski definition) is 3. The molecular weight excluding hydrogens is 358 g/mol. The van der Waals surface area contributed by atoms with Crippen LogP contribution in [0.3, 0.4) is 0 Å². The number of aromatic hydroxyl groups is 3. The van der Waals surface area contributed by atoms with Crippen LogP contribution >= 0.6 is 0 Å². The van der Waals surface area contributed by atoms with Crippen molar-refractivity contribution in [3.63, 3.8) is 0 Å². The van der Waals surface area contributed by atoms with Gasteiger partial charge in [0.15, 0.2) is 11.5 Å². The van der Waals surface area contributed by atoms with Gasteiger partial charge in [-0.2, -0.15) is 4.57 Å². The lowest BCUT2D eigenvalue weighted by molar-refractivity contribution is -0.633. The number of aliphatic carboxylic acids is 1. The minimum atomic E-state index is -1.08. The molecule has 2 aromatic carbocycles. The summed E-state index contributed by atoms with van der Waals surface area (Å²) in [6.07, 6.45) is 0. The van der Waals surface area contributed by atoms with E-state index in [1.807, 2.05) is 23.7 Å². The standard InChI is InChI=1S/C20H21NO3.C2H4O2/c1-20(2,3)13-6-7-15-14(10-13)18(23)11-16(21(15)4)12-5-8-17(22)19(24)9-12;1-2(3)4/h5-11H,1-4H3,(H2,22,23,24);1H3,(H,3,4). The second-order valence-corrected chi connectivity index (χ2v) is 7.65. The minimum absolute atomic E-state index is 0.000615. The number of nitrogens with zero attached hydrogens (tertiary/aromatic N) is 1. The average molecular weight is 383 g/mol. The summed E-state index contributed by atoms with van der Waals surface area (Å²) in [5.41, 5.74) is 3.51. The number of benzene rings is 2. The molecule has 6 nitrogen and oxygen atoms in total. The first-order valence-electron chi connectivity index (χ1n) is 8.78. The Labute approximate surface area is 163 Å². The Bertz CT molecular complexity index is 1030. The maximum absolute atomic E-state index is 10.5. The van der Waals surface area contributed by atoms with Crippen molar-refractivity contribution in [2.75, 3.05) is 0 Å². The van der Waals surface area contributed by atoms with Crippen molar-refractivity contribution in [2.24, 2.45) is 7.05 Å². The number of aromatic nitrogens is 1. The third-order valence-electron chi connectivity index (χ3n) is 4.41. The Morgan fingerprint density at radius 1 is 0.929 bits per heavy atom. The van der Waals surface area contributed by atoms with Gasteiger partial charge in [0.25, 0.3) is 0 Å². The van der Waals surface area contributed by atoms with Gasteiger partial charge in [0.1, 0.15) is 12.8 Å². The predicted octanol–water partition coefficient (Wildman–Crippen LogP) is 2.50. The van der Waals surface area contributed by atoms with Gasteiger partial charge >= 0.3 is 0 Å². The number of carboxylic acids is 1. The fourth-order valence-electron chi connectivity index (χ4n) is 2.89. The molecule has 0 radical (unpaired) electrons. The van der Waals surface area contributed by atoms with Crippen molar-refractivity contribution in [3.05, 3.63) is 48.0 Å². The number of aryl methyl sites for hydroxylation is 1. The molecule has 28 heavy (non-hydrogen) atoms. The summed E-state index contributed by atoms with van der Waals surface area (Å²) >= 11 is 0. The second-order valence-electron chi connectivity index (χ2n) is 7.65. The number of fused-ring (bicyclic) bond motifs is 1. The maximum atomic E-state index is 10.5. The molecule has 0 aliphatic heterocycles. The molecule has 0 unspecified atom stereocenters. The Hall–Kier alpha value is -3.28. The molecular formula is C22H25NO5. The van der Waals surface area contributed by atoms with Crippen molar-refractivity contribution < 1.29 is 29.8 Å². The van der Waals surface area contributed by atoms with Gasteiger partial charge in [0.2, 0.25) is 11.2 Å². The highest BCUT2D eigenvalue weighted by Gasteiger charge is 2.21. The van der Waals surface area contributed by atoms with E-state index in [1.165, 1.54) is 12.1 Å². The van der Waals surface area contributed by atoms with Crippen LogP contribution < -0.4 is 9.67 Å². The third-order valence-corrected chi connectivity index (χ3v) is 4.41. The van der Waals surface area contributed by atoms with Crippen LogP contribution in [0, 0.1) is 0 Å². The summed E-state index contributed by atoms with van der Waals surface area (Å²) in [5, 5.41) is 39.4. The van der Waals surface area contributed by atoms with Gasteiger partial charge < -0.3 is 25.2 Å². The highest BCUT2D eigenvalue weighted by atomic mass is 16.4. The molecule has 0 atom stereocenters. The van der Waals surface area contributed by atoms with Gasteiger partial charge in [0.05, 0.1) is 17.0 Å². The summed E-state index contributed by atoms with van der Waals surface area (Å²) in [7, 11) is 1.91. The molecule has 3 rings (SSSR count). The highest BCUT2D eigenvalue weighted by Crippen LogP contribution is 2.34. The van der Waals surface area contributed by atoms with Crippen LogP contribution in [0.1, 0.15) is 33.3 Å². The molecule has 1 heterocycles. The second kappa shape index (κ2) is 7.76. The zero-order valence-corrected chi connectivity index (χ0v) is 16.6. The Morgan fingerprint density at radius 3 is 2.07 bits per heavy atom. The van der Waals surface area contributed by atoms with Crippen molar-refractivity contribution >= 4 is 16.9 Å². The van der Waals surface area contributed by atoms with E-state index < -0.39 is 5.97 Å². The zero-order valence-electron chi connectivity index (χ0n) is 16.6. The lowest BCUT2D eigenvalue weighted by Crippen LogP contribution is -2.32. The fourth-order valence-corrected chi connectivity index (χ4v) is 2.89. The molecule has 3 N–H and O–H groups in total. The van der Waals surface area contributed by atoms with Crippen molar-refractivity contribution in [1.82, 2.24) is 0 Å². The first kappa shape index (κ1) is 21.0. The first-order valence-corrected chi connectivity index (χ1v) is 8.78. The molecule has 3 aromatic rings. The molecule has 0 saturated carbocycles. The Balaban J connectivity index is 0.000000640. The number of carboxylic acid groups (broad SMARTS) is 1. The van der Waals surface area contributed by atoms with Gasteiger partial charge in [-0.1, -0.05) is 26.8 Å². The van der Waals surface area contributed by atoms with E-state index in [0.717, 1.165) is 29.1 Å². The maximum Gasteiger partial charge on any atom is 0.216 e. The van der Waals surface area contributed by atoms with Crippen LogP contribution in [0.25, 0.3) is 22.2 Å². The molecule has 0 aliphatic rings. The number of phenolic OH excluding ortho intramolecular Hbond substituents is 2. The van der Waals surface area contributed by atoms with E-state index in [1.54, 1.807) is 12.1 Å². The van der Waals surface area contributed by atoms with Gasteiger partial charge in [0, 0.05) is 12.0 Å². The van der Waals surface area contributed by atoms with Gasteiger partial charge in [-0.25, -0.2) is 0 Å². The normalized spacial score (nSPS) is 11.0. The number of carbonyl (C=O) groups excluding carboxylic acids is 1. The molecule has 6 heteroatoms. The van der Waals surface area contributed by atoms with Gasteiger partial charge in [-0.05, 0) is 42.2 Å². The molecule has 0 bridgehead atoms. The van der Waals surface area contributed by atoms with Crippen LogP contribution in [0.2, 0.25) is 0 Å². The quantitative estimate of drug-likeness (QED) is 0.442. The number of phenols is 2. The van der Waals surface area contributed by atoms with Crippen LogP contribution in [0.5, 0.6) is 17.2 Å². The van der Waals surface area contributed by atoms with Crippen LogP contribution in [0.15, 0.2) is 42.5 Å². The van der Waals surface area contributed by atoms with Gasteiger partial charge in [-0.15, -0.1) is 0 Å². The predicted molar refractivity (Wildman–Crippen MR) is 105 cm³/mol. The summed E-state index contributed by atoms with van der Waals surface area (Å²) in [6, 6.07) is 12.4. The molecule has 1 aromatic heterocycles. The van der Waals surface area contributed by atoms with E-state index >= 15 is 0 Å². The minimum Gasteiger partial charge on any atom is -0.550 e. The number of pyridine rings is 1. The number of carbonyl (C=O) groups is 1. The van der Waals surface area contributed by atoms with Crippen molar-refractivity contribution in [3.8, 4) is 28.5 Å². The monoisotopic (exact) mass is 383 g/mol. The van der Waals surface area contributed by atoms with Crippen LogP contribution in [0.4, 0.5) is 0 Å². The van der Waals surface area contributed by atoms with Gasteiger partial charge in [-0.3, -0.25) is 0 Å². The largest absolute Gasteiger partial charge is 0.550 e. The summed E-state index contributed by atoms with van der Waals surface area (Å²) < 4.78 is 1.97. The van der Waals surface area contributed by atoms with E-state index in [-0.39, 0.29) is 22.7 Å². The smallest absolute Gasteiger partial charge is 0.216 e. The van der Waals surface area contributed by atoms with Crippen LogP contribution in [-0.2, 0) is 17.3 Å². The van der Waals surface area contributed by atoms with E-state index in [0.29, 0.717) is 5.56 Å². The van der Waals surface area contributed by atoms with E-state index in [2.05, 4.69) is 26.8 Å². The SMILES string of the molecule is CC(=O)[O-].C[n+]1c(-c2ccc(O)c(O)c2)cc(O)c2cc(C(C)(C)C)ccc21. The van der Waals surface area contributed by atoms with Crippen molar-refractivity contribution in [2.45, 2.75) is 33.1 Å². The highest BCUT2D eigenvalue weighted by molar-refractivity contribution is 5.85. The molecule has 0 spiro atoms.